The first-order valence-corrected chi connectivity index (χ1v) is 18.5. The fourth-order valence-corrected chi connectivity index (χ4v) is 8.42. The molecule has 7 nitrogen and oxygen atoms in total. The van der Waals surface area contributed by atoms with Crippen molar-refractivity contribution in [1.29, 1.82) is 0 Å². The number of unbranched alkanes of at least 4 members (excludes halogenated alkanes) is 9. The van der Waals surface area contributed by atoms with E-state index in [4.69, 9.17) is 4.74 Å². The number of imide groups is 2. The minimum absolute atomic E-state index is 0.241. The van der Waals surface area contributed by atoms with Gasteiger partial charge in [0.05, 0.1) is 12.3 Å². The van der Waals surface area contributed by atoms with E-state index in [2.05, 4.69) is 6.92 Å². The van der Waals surface area contributed by atoms with Gasteiger partial charge in [-0.05, 0) is 80.7 Å². The number of benzene rings is 6. The van der Waals surface area contributed by atoms with Gasteiger partial charge in [-0.15, -0.1) is 0 Å². The van der Waals surface area contributed by atoms with Crippen molar-refractivity contribution in [1.82, 2.24) is 4.90 Å². The Hall–Kier alpha value is -5.14. The van der Waals surface area contributed by atoms with E-state index in [1.54, 1.807) is 31.4 Å². The van der Waals surface area contributed by atoms with Crippen LogP contribution in [-0.4, -0.2) is 42.2 Å². The highest BCUT2D eigenvalue weighted by molar-refractivity contribution is 6.43. The lowest BCUT2D eigenvalue weighted by molar-refractivity contribution is 0.0607. The molecule has 0 saturated heterocycles. The maximum Gasteiger partial charge on any atom is 0.265 e. The number of nitrogens with zero attached hydrogens (tertiary/aromatic N) is 2. The van der Waals surface area contributed by atoms with Gasteiger partial charge < -0.3 is 4.74 Å². The summed E-state index contributed by atoms with van der Waals surface area (Å²) in [4.78, 5) is 58.5. The van der Waals surface area contributed by atoms with Gasteiger partial charge in [-0.1, -0.05) is 101 Å². The van der Waals surface area contributed by atoms with E-state index >= 15 is 0 Å². The van der Waals surface area contributed by atoms with Crippen LogP contribution in [0.1, 0.15) is 118 Å². The first kappa shape index (κ1) is 33.0. The minimum atomic E-state index is -0.370. The average molecular weight is 679 g/mol. The van der Waals surface area contributed by atoms with Gasteiger partial charge in [0.15, 0.2) is 0 Å². The van der Waals surface area contributed by atoms with Gasteiger partial charge >= 0.3 is 0 Å². The predicted octanol–water partition coefficient (Wildman–Crippen LogP) is 10.2. The number of amides is 4. The first-order valence-electron chi connectivity index (χ1n) is 18.5. The van der Waals surface area contributed by atoms with Crippen molar-refractivity contribution in [2.24, 2.45) is 0 Å². The average Bonchev–Trinajstić information content (AvgIpc) is 3.15. The smallest absolute Gasteiger partial charge is 0.265 e. The second-order valence-corrected chi connectivity index (χ2v) is 14.1. The third kappa shape index (κ3) is 5.37. The number of rotatable bonds is 14. The quantitative estimate of drug-likeness (QED) is 0.0496. The number of hydrogen-bond acceptors (Lipinski definition) is 5. The fourth-order valence-electron chi connectivity index (χ4n) is 8.42. The summed E-state index contributed by atoms with van der Waals surface area (Å²) in [5.41, 5.74) is 3.47. The highest BCUT2D eigenvalue weighted by atomic mass is 16.5. The van der Waals surface area contributed by atoms with E-state index in [-0.39, 0.29) is 23.6 Å². The van der Waals surface area contributed by atoms with Crippen molar-refractivity contribution in [2.45, 2.75) is 77.7 Å². The fraction of sp³-hybridized carbons (Fsp3) is 0.318. The number of hydrogen-bond donors (Lipinski definition) is 0. The molecular formula is C44H42N2O5. The third-order valence-electron chi connectivity index (χ3n) is 11.0. The number of carbonyl (C=O) groups is 4. The van der Waals surface area contributed by atoms with Crippen molar-refractivity contribution in [2.75, 3.05) is 18.6 Å². The Morgan fingerprint density at radius 3 is 1.31 bits per heavy atom. The summed E-state index contributed by atoms with van der Waals surface area (Å²) in [5.74, 6) is -1.22. The molecule has 0 unspecified atom stereocenters. The highest BCUT2D eigenvalue weighted by Crippen LogP contribution is 2.46. The largest absolute Gasteiger partial charge is 0.380 e. The molecule has 4 amide bonds. The predicted molar refractivity (Wildman–Crippen MR) is 203 cm³/mol. The van der Waals surface area contributed by atoms with Crippen LogP contribution in [0.2, 0.25) is 0 Å². The van der Waals surface area contributed by atoms with E-state index in [0.717, 1.165) is 57.1 Å². The van der Waals surface area contributed by atoms with Crippen LogP contribution in [0.25, 0.3) is 43.1 Å². The maximum atomic E-state index is 14.0. The minimum Gasteiger partial charge on any atom is -0.380 e. The second-order valence-electron chi connectivity index (χ2n) is 14.1. The Morgan fingerprint density at radius 2 is 0.882 bits per heavy atom. The molecule has 0 radical (unpaired) electrons. The Bertz CT molecular complexity index is 2240. The summed E-state index contributed by atoms with van der Waals surface area (Å²) in [6.45, 7) is 3.09. The monoisotopic (exact) mass is 678 g/mol. The first-order chi connectivity index (χ1) is 24.9. The van der Waals surface area contributed by atoms with Gasteiger partial charge in [0.2, 0.25) is 0 Å². The summed E-state index contributed by atoms with van der Waals surface area (Å²) in [6, 6.07) is 22.4. The number of anilines is 1. The van der Waals surface area contributed by atoms with Gasteiger partial charge in [-0.3, -0.25) is 24.1 Å². The lowest BCUT2D eigenvalue weighted by atomic mass is 9.82. The molecule has 0 saturated carbocycles. The molecule has 258 valence electrons. The van der Waals surface area contributed by atoms with Crippen molar-refractivity contribution in [3.05, 3.63) is 101 Å². The second kappa shape index (κ2) is 13.5. The Morgan fingerprint density at radius 1 is 0.471 bits per heavy atom. The molecule has 7 heteroatoms. The summed E-state index contributed by atoms with van der Waals surface area (Å²) in [7, 11) is 1.62. The summed E-state index contributed by atoms with van der Waals surface area (Å²) in [5, 5.41) is 6.58. The standard InChI is InChI=1S/C44H42N2O5/c1-3-4-5-6-7-8-9-10-11-12-25-45-41(47)33-21-17-29-31-19-23-35-40-36(44(50)46(43(35)49)28-15-13-27(14-16-28)26-51-2)24-20-32(38(31)40)30-18-22-34(42(45)48)39(33)37(29)30/h13-24H,3-12,25-26H2,1-2H3. The van der Waals surface area contributed by atoms with E-state index in [1.807, 2.05) is 48.5 Å². The molecule has 0 spiro atoms. The highest BCUT2D eigenvalue weighted by Gasteiger charge is 2.37. The van der Waals surface area contributed by atoms with Crippen LogP contribution in [-0.2, 0) is 11.3 Å². The molecule has 8 rings (SSSR count). The Labute approximate surface area is 297 Å². The molecule has 0 N–H and O–H groups in total. The van der Waals surface area contributed by atoms with E-state index in [9.17, 15) is 19.2 Å². The van der Waals surface area contributed by atoms with Crippen molar-refractivity contribution in [3.63, 3.8) is 0 Å². The molecule has 6 aromatic carbocycles. The molecule has 6 aromatic rings. The van der Waals surface area contributed by atoms with Crippen LogP contribution in [0.4, 0.5) is 5.69 Å². The van der Waals surface area contributed by atoms with E-state index in [1.165, 1.54) is 54.7 Å². The van der Waals surface area contributed by atoms with Crippen LogP contribution in [0.5, 0.6) is 0 Å². The summed E-state index contributed by atoms with van der Waals surface area (Å²) in [6.07, 6.45) is 11.9. The molecule has 0 aliphatic carbocycles. The van der Waals surface area contributed by atoms with Crippen LogP contribution >= 0.6 is 0 Å². The van der Waals surface area contributed by atoms with E-state index in [0.29, 0.717) is 51.9 Å². The lowest BCUT2D eigenvalue weighted by Gasteiger charge is -2.30. The van der Waals surface area contributed by atoms with Gasteiger partial charge in [0.1, 0.15) is 0 Å². The van der Waals surface area contributed by atoms with Crippen LogP contribution in [0.15, 0.2) is 72.8 Å². The Balaban J connectivity index is 1.12. The number of methoxy groups -OCH3 is 1. The van der Waals surface area contributed by atoms with E-state index < -0.39 is 0 Å². The third-order valence-corrected chi connectivity index (χ3v) is 11.0. The topological polar surface area (TPSA) is 84.0 Å². The zero-order chi connectivity index (χ0) is 35.2. The molecule has 2 aliphatic rings. The molecule has 2 aliphatic heterocycles. The Kier molecular flexibility index (Phi) is 8.76. The van der Waals surface area contributed by atoms with Crippen LogP contribution in [0, 0.1) is 0 Å². The molecule has 51 heavy (non-hydrogen) atoms. The van der Waals surface area contributed by atoms with Crippen molar-refractivity contribution >= 4 is 72.4 Å². The van der Waals surface area contributed by atoms with Crippen LogP contribution in [0.3, 0.4) is 0 Å². The number of ether oxygens (including phenoxy) is 1. The molecule has 0 aromatic heterocycles. The zero-order valence-electron chi connectivity index (χ0n) is 29.3. The molecule has 0 atom stereocenters. The summed E-state index contributed by atoms with van der Waals surface area (Å²) >= 11 is 0. The van der Waals surface area contributed by atoms with Crippen molar-refractivity contribution < 1.29 is 23.9 Å². The molecule has 0 fully saturated rings. The SMILES string of the molecule is CCCCCCCCCCCCN1C(=O)c2ccc3c4ccc5c6c(ccc(c7ccc(c2c37)C1=O)c64)C(=O)N(c1ccc(COC)cc1)C5=O. The van der Waals surface area contributed by atoms with Gasteiger partial charge in [0, 0.05) is 46.7 Å². The van der Waals surface area contributed by atoms with Crippen molar-refractivity contribution in [3.8, 4) is 0 Å². The molecular weight excluding hydrogens is 636 g/mol. The molecule has 0 bridgehead atoms. The number of fused-ring (bicyclic) bond motifs is 2. The van der Waals surface area contributed by atoms with Gasteiger partial charge in [-0.2, -0.15) is 0 Å². The van der Waals surface area contributed by atoms with Crippen LogP contribution < -0.4 is 4.90 Å². The summed E-state index contributed by atoms with van der Waals surface area (Å²) < 4.78 is 5.22. The lowest BCUT2D eigenvalue weighted by Crippen LogP contribution is -2.41. The molecule has 2 heterocycles. The number of carbonyl (C=O) groups excluding carboxylic acids is 4. The van der Waals surface area contributed by atoms with Gasteiger partial charge in [0.25, 0.3) is 23.6 Å². The van der Waals surface area contributed by atoms with Gasteiger partial charge in [-0.25, -0.2) is 4.90 Å². The normalized spacial score (nSPS) is 14.4. The maximum absolute atomic E-state index is 14.0. The zero-order valence-corrected chi connectivity index (χ0v) is 29.3.